The zero-order chi connectivity index (χ0) is 19.4. The van der Waals surface area contributed by atoms with Crippen LogP contribution in [0.2, 0.25) is 0 Å². The summed E-state index contributed by atoms with van der Waals surface area (Å²) in [5.41, 5.74) is 2.73. The lowest BCUT2D eigenvalue weighted by Crippen LogP contribution is -2.33. The van der Waals surface area contributed by atoms with Gasteiger partial charge in [-0.15, -0.1) is 0 Å². The van der Waals surface area contributed by atoms with Crippen molar-refractivity contribution in [2.75, 3.05) is 0 Å². The van der Waals surface area contributed by atoms with Gasteiger partial charge in [0, 0.05) is 47.6 Å². The van der Waals surface area contributed by atoms with Gasteiger partial charge in [-0.05, 0) is 30.5 Å². The number of nitrogens with zero attached hydrogens (tertiary/aromatic N) is 1. The fraction of sp³-hybridized carbons (Fsp3) is 0.286. The van der Waals surface area contributed by atoms with Gasteiger partial charge in [0.2, 0.25) is 5.91 Å². The number of carbonyl (C=O) groups is 1. The zero-order valence-corrected chi connectivity index (χ0v) is 15.4. The van der Waals surface area contributed by atoms with Crippen LogP contribution in [0, 0.1) is 10.1 Å². The van der Waals surface area contributed by atoms with E-state index >= 15 is 0 Å². The molecule has 27 heavy (non-hydrogen) atoms. The molecule has 0 aliphatic rings. The number of aromatic nitrogens is 1. The monoisotopic (exact) mass is 365 g/mol. The second-order valence-corrected chi connectivity index (χ2v) is 6.78. The molecule has 0 aliphatic heterocycles. The van der Waals surface area contributed by atoms with Crippen molar-refractivity contribution in [2.24, 2.45) is 0 Å². The van der Waals surface area contributed by atoms with Gasteiger partial charge < -0.3 is 10.3 Å². The molecule has 0 saturated heterocycles. The summed E-state index contributed by atoms with van der Waals surface area (Å²) in [5, 5.41) is 15.2. The van der Waals surface area contributed by atoms with Crippen molar-refractivity contribution in [1.82, 2.24) is 10.3 Å². The third-order valence-electron chi connectivity index (χ3n) is 4.89. The van der Waals surface area contributed by atoms with Crippen molar-refractivity contribution in [3.05, 3.63) is 76.0 Å². The predicted molar refractivity (Wildman–Crippen MR) is 106 cm³/mol. The molecular formula is C21H23N3O3. The summed E-state index contributed by atoms with van der Waals surface area (Å²) in [6.07, 6.45) is 2.97. The lowest BCUT2D eigenvalue weighted by molar-refractivity contribution is -0.384. The number of H-pyrrole nitrogens is 1. The van der Waals surface area contributed by atoms with E-state index in [4.69, 9.17) is 0 Å². The maximum atomic E-state index is 12.6. The Kier molecular flexibility index (Phi) is 5.54. The highest BCUT2D eigenvalue weighted by Gasteiger charge is 2.23. The van der Waals surface area contributed by atoms with Crippen LogP contribution in [0.1, 0.15) is 43.7 Å². The van der Waals surface area contributed by atoms with Gasteiger partial charge in [0.15, 0.2) is 0 Å². The van der Waals surface area contributed by atoms with E-state index in [-0.39, 0.29) is 30.0 Å². The Morgan fingerprint density at radius 3 is 2.74 bits per heavy atom. The van der Waals surface area contributed by atoms with E-state index in [0.29, 0.717) is 0 Å². The Balaban J connectivity index is 2.02. The normalized spacial score (nSPS) is 13.3. The molecule has 3 aromatic rings. The van der Waals surface area contributed by atoms with E-state index in [2.05, 4.69) is 10.3 Å². The molecule has 1 amide bonds. The fourth-order valence-corrected chi connectivity index (χ4v) is 3.27. The molecule has 3 rings (SSSR count). The summed E-state index contributed by atoms with van der Waals surface area (Å²) in [4.78, 5) is 26.6. The van der Waals surface area contributed by atoms with Crippen molar-refractivity contribution in [1.29, 1.82) is 0 Å². The molecule has 6 nitrogen and oxygen atoms in total. The van der Waals surface area contributed by atoms with Gasteiger partial charge in [0.1, 0.15) is 0 Å². The average Bonchev–Trinajstić information content (AvgIpc) is 3.10. The molecule has 0 unspecified atom stereocenters. The van der Waals surface area contributed by atoms with Gasteiger partial charge in [0.05, 0.1) is 4.92 Å². The minimum Gasteiger partial charge on any atom is -0.361 e. The first kappa shape index (κ1) is 18.6. The number of hydrogen-bond acceptors (Lipinski definition) is 3. The summed E-state index contributed by atoms with van der Waals surface area (Å²) in [6, 6.07) is 14.5. The second-order valence-electron chi connectivity index (χ2n) is 6.78. The quantitative estimate of drug-likeness (QED) is 0.477. The van der Waals surface area contributed by atoms with Crippen LogP contribution in [0.4, 0.5) is 5.69 Å². The van der Waals surface area contributed by atoms with Crippen molar-refractivity contribution >= 4 is 22.5 Å². The Morgan fingerprint density at radius 1 is 1.22 bits per heavy atom. The van der Waals surface area contributed by atoms with Crippen LogP contribution in [-0.4, -0.2) is 21.9 Å². The number of nitrogens with one attached hydrogen (secondary N) is 2. The highest BCUT2D eigenvalue weighted by Crippen LogP contribution is 2.34. The van der Waals surface area contributed by atoms with Crippen molar-refractivity contribution in [2.45, 2.75) is 38.6 Å². The molecule has 1 aromatic heterocycles. The smallest absolute Gasteiger partial charge is 0.269 e. The molecule has 0 spiro atoms. The van der Waals surface area contributed by atoms with Crippen LogP contribution in [0.5, 0.6) is 0 Å². The second kappa shape index (κ2) is 8.03. The lowest BCUT2D eigenvalue weighted by Gasteiger charge is -2.19. The van der Waals surface area contributed by atoms with Crippen molar-refractivity contribution in [3.8, 4) is 0 Å². The number of nitro benzene ring substituents is 1. The maximum Gasteiger partial charge on any atom is 0.269 e. The molecule has 0 bridgehead atoms. The molecule has 2 aromatic carbocycles. The molecule has 2 atom stereocenters. The fourth-order valence-electron chi connectivity index (χ4n) is 3.27. The van der Waals surface area contributed by atoms with Crippen LogP contribution in [0.25, 0.3) is 10.9 Å². The molecule has 1 heterocycles. The number of benzene rings is 2. The lowest BCUT2D eigenvalue weighted by atomic mass is 9.87. The molecule has 0 aliphatic carbocycles. The summed E-state index contributed by atoms with van der Waals surface area (Å²) in [7, 11) is 0. The van der Waals surface area contributed by atoms with Crippen LogP contribution in [0.15, 0.2) is 54.7 Å². The van der Waals surface area contributed by atoms with Gasteiger partial charge >= 0.3 is 0 Å². The molecule has 0 radical (unpaired) electrons. The van der Waals surface area contributed by atoms with E-state index in [1.165, 1.54) is 6.07 Å². The first-order valence-corrected chi connectivity index (χ1v) is 9.09. The number of rotatable bonds is 7. The van der Waals surface area contributed by atoms with E-state index in [1.54, 1.807) is 12.1 Å². The highest BCUT2D eigenvalue weighted by molar-refractivity contribution is 5.86. The molecular weight excluding hydrogens is 342 g/mol. The highest BCUT2D eigenvalue weighted by atomic mass is 16.6. The van der Waals surface area contributed by atoms with E-state index in [9.17, 15) is 14.9 Å². The molecule has 140 valence electrons. The molecule has 0 saturated carbocycles. The van der Waals surface area contributed by atoms with Gasteiger partial charge in [-0.1, -0.05) is 37.3 Å². The number of nitro groups is 1. The number of non-ortho nitro benzene ring substituents is 1. The standard InChI is InChI=1S/C21H23N3O3/c1-3-14(2)23-21(25)12-18(15-7-6-8-16(11-15)24(26)27)19-13-22-20-10-5-4-9-17(19)20/h4-11,13-14,18,22H,3,12H2,1-2H3,(H,23,25)/t14-,18+/m0/s1. The topological polar surface area (TPSA) is 88.0 Å². The van der Waals surface area contributed by atoms with Crippen molar-refractivity contribution in [3.63, 3.8) is 0 Å². The minimum atomic E-state index is -0.408. The Hall–Kier alpha value is -3.15. The van der Waals surface area contributed by atoms with Gasteiger partial charge in [-0.2, -0.15) is 0 Å². The van der Waals surface area contributed by atoms with E-state index in [1.807, 2.05) is 50.4 Å². The summed E-state index contributed by atoms with van der Waals surface area (Å²) in [5.74, 6) is -0.337. The number of hydrogen-bond donors (Lipinski definition) is 2. The first-order chi connectivity index (χ1) is 13.0. The third-order valence-corrected chi connectivity index (χ3v) is 4.89. The van der Waals surface area contributed by atoms with E-state index in [0.717, 1.165) is 28.5 Å². The summed E-state index contributed by atoms with van der Waals surface area (Å²) < 4.78 is 0. The Labute approximate surface area is 157 Å². The van der Waals surface area contributed by atoms with Gasteiger partial charge in [-0.25, -0.2) is 0 Å². The Bertz CT molecular complexity index is 964. The number of carbonyl (C=O) groups excluding carboxylic acids is 1. The van der Waals surface area contributed by atoms with Crippen LogP contribution < -0.4 is 5.32 Å². The number of aromatic amines is 1. The molecule has 0 fully saturated rings. The van der Waals surface area contributed by atoms with E-state index < -0.39 is 4.92 Å². The number of para-hydroxylation sites is 1. The predicted octanol–water partition coefficient (Wildman–Crippen LogP) is 4.51. The molecule has 6 heteroatoms. The SMILES string of the molecule is CC[C@H](C)NC(=O)C[C@H](c1cccc([N+](=O)[O-])c1)c1c[nH]c2ccccc12. The van der Waals surface area contributed by atoms with Crippen LogP contribution in [0.3, 0.4) is 0 Å². The van der Waals surface area contributed by atoms with Gasteiger partial charge in [0.25, 0.3) is 5.69 Å². The Morgan fingerprint density at radius 2 is 2.00 bits per heavy atom. The number of amides is 1. The minimum absolute atomic E-state index is 0.0275. The van der Waals surface area contributed by atoms with Crippen LogP contribution in [-0.2, 0) is 4.79 Å². The van der Waals surface area contributed by atoms with Gasteiger partial charge in [-0.3, -0.25) is 14.9 Å². The summed E-state index contributed by atoms with van der Waals surface area (Å²) >= 11 is 0. The maximum absolute atomic E-state index is 12.6. The number of fused-ring (bicyclic) bond motifs is 1. The first-order valence-electron chi connectivity index (χ1n) is 9.09. The van der Waals surface area contributed by atoms with Crippen LogP contribution >= 0.6 is 0 Å². The van der Waals surface area contributed by atoms with Crippen molar-refractivity contribution < 1.29 is 9.72 Å². The average molecular weight is 365 g/mol. The zero-order valence-electron chi connectivity index (χ0n) is 15.4. The molecule has 2 N–H and O–H groups in total. The third kappa shape index (κ3) is 4.16. The summed E-state index contributed by atoms with van der Waals surface area (Å²) in [6.45, 7) is 3.98. The largest absolute Gasteiger partial charge is 0.361 e.